The fourth-order valence-corrected chi connectivity index (χ4v) is 2.20. The molecular formula is C19H31NO8. The van der Waals surface area contributed by atoms with Gasteiger partial charge >= 0.3 is 6.09 Å². The van der Waals surface area contributed by atoms with Crippen LogP contribution in [-0.2, 0) is 25.4 Å². The van der Waals surface area contributed by atoms with Crippen molar-refractivity contribution in [1.29, 1.82) is 0 Å². The van der Waals surface area contributed by atoms with E-state index in [4.69, 9.17) is 33.5 Å². The number of alkyl carbamates (subject to hydrolysis) is 1. The van der Waals surface area contributed by atoms with Crippen molar-refractivity contribution in [2.45, 2.75) is 6.42 Å². The molecule has 2 N–H and O–H groups in total. The van der Waals surface area contributed by atoms with Gasteiger partial charge in [0, 0.05) is 6.54 Å². The quantitative estimate of drug-likeness (QED) is 0.396. The molecule has 0 atom stereocenters. The molecule has 0 radical (unpaired) electrons. The summed E-state index contributed by atoms with van der Waals surface area (Å²) in [5.74, 6) is 1.32. The van der Waals surface area contributed by atoms with Gasteiger partial charge < -0.3 is 38.8 Å². The number of nitrogens with one attached hydrogen (secondary N) is 1. The molecule has 0 unspecified atom stereocenters. The third-order valence-electron chi connectivity index (χ3n) is 3.57. The highest BCUT2D eigenvalue weighted by Gasteiger charge is 2.06. The second-order valence-corrected chi connectivity index (χ2v) is 5.56. The van der Waals surface area contributed by atoms with Gasteiger partial charge in [0.15, 0.2) is 11.5 Å². The lowest BCUT2D eigenvalue weighted by molar-refractivity contribution is 0.000763. The van der Waals surface area contributed by atoms with Crippen LogP contribution in [0.4, 0.5) is 4.79 Å². The van der Waals surface area contributed by atoms with E-state index in [-0.39, 0.29) is 13.2 Å². The lowest BCUT2D eigenvalue weighted by Gasteiger charge is -2.10. The van der Waals surface area contributed by atoms with Crippen LogP contribution < -0.4 is 14.8 Å². The number of aliphatic hydroxyl groups excluding tert-OH is 1. The molecule has 0 fully saturated rings. The number of aliphatic hydroxyl groups is 1. The summed E-state index contributed by atoms with van der Waals surface area (Å²) in [4.78, 5) is 11.6. The molecule has 0 aromatic heterocycles. The van der Waals surface area contributed by atoms with E-state index in [1.54, 1.807) is 14.2 Å². The van der Waals surface area contributed by atoms with Crippen molar-refractivity contribution in [3.63, 3.8) is 0 Å². The molecule has 0 heterocycles. The summed E-state index contributed by atoms with van der Waals surface area (Å²) in [6, 6.07) is 5.62. The van der Waals surface area contributed by atoms with Crippen molar-refractivity contribution in [3.05, 3.63) is 23.8 Å². The predicted molar refractivity (Wildman–Crippen MR) is 102 cm³/mol. The monoisotopic (exact) mass is 401 g/mol. The van der Waals surface area contributed by atoms with Crippen molar-refractivity contribution < 1.29 is 38.3 Å². The second kappa shape index (κ2) is 15.9. The molecule has 1 rings (SSSR count). The number of rotatable bonds is 16. The number of benzene rings is 1. The number of methoxy groups -OCH3 is 2. The third-order valence-corrected chi connectivity index (χ3v) is 3.57. The zero-order chi connectivity index (χ0) is 20.5. The lowest BCUT2D eigenvalue weighted by atomic mass is 10.1. The molecule has 9 heteroatoms. The van der Waals surface area contributed by atoms with E-state index < -0.39 is 6.09 Å². The highest BCUT2D eigenvalue weighted by Crippen LogP contribution is 2.27. The van der Waals surface area contributed by atoms with Crippen molar-refractivity contribution in [2.75, 3.05) is 73.6 Å². The smallest absolute Gasteiger partial charge is 0.407 e. The Labute approximate surface area is 165 Å². The first-order chi connectivity index (χ1) is 13.7. The number of ether oxygens (including phenoxy) is 6. The Hall–Kier alpha value is -2.07. The SMILES string of the molecule is COc1ccc(CCNC(=O)OCCOCCOCCOCCO)cc1OC. The molecule has 0 saturated carbocycles. The van der Waals surface area contributed by atoms with Crippen LogP contribution >= 0.6 is 0 Å². The molecule has 160 valence electrons. The molecule has 1 aromatic carbocycles. The number of carbonyl (C=O) groups excluding carboxylic acids is 1. The molecule has 28 heavy (non-hydrogen) atoms. The lowest BCUT2D eigenvalue weighted by Crippen LogP contribution is -2.27. The van der Waals surface area contributed by atoms with Gasteiger partial charge in [-0.05, 0) is 24.1 Å². The van der Waals surface area contributed by atoms with Crippen LogP contribution in [0.15, 0.2) is 18.2 Å². The first-order valence-corrected chi connectivity index (χ1v) is 9.17. The zero-order valence-electron chi connectivity index (χ0n) is 16.6. The number of amides is 1. The highest BCUT2D eigenvalue weighted by atomic mass is 16.6. The Morgan fingerprint density at radius 2 is 1.50 bits per heavy atom. The normalized spacial score (nSPS) is 10.5. The maximum absolute atomic E-state index is 11.6. The van der Waals surface area contributed by atoms with Gasteiger partial charge in [-0.3, -0.25) is 0 Å². The van der Waals surface area contributed by atoms with Gasteiger partial charge in [-0.1, -0.05) is 6.07 Å². The third kappa shape index (κ3) is 10.9. The number of carbonyl (C=O) groups is 1. The minimum absolute atomic E-state index is 0.00686. The summed E-state index contributed by atoms with van der Waals surface area (Å²) in [6.45, 7) is 2.96. The average Bonchev–Trinajstić information content (AvgIpc) is 2.71. The minimum atomic E-state index is -0.485. The first kappa shape index (κ1) is 24.0. The first-order valence-electron chi connectivity index (χ1n) is 9.17. The van der Waals surface area contributed by atoms with Crippen LogP contribution in [-0.4, -0.2) is 84.8 Å². The van der Waals surface area contributed by atoms with E-state index in [2.05, 4.69) is 5.32 Å². The van der Waals surface area contributed by atoms with E-state index in [0.29, 0.717) is 64.1 Å². The molecule has 1 aromatic rings. The van der Waals surface area contributed by atoms with E-state index in [1.807, 2.05) is 18.2 Å². The topological polar surface area (TPSA) is 105 Å². The predicted octanol–water partition coefficient (Wildman–Crippen LogP) is 1.01. The fourth-order valence-electron chi connectivity index (χ4n) is 2.20. The zero-order valence-corrected chi connectivity index (χ0v) is 16.6. The molecule has 0 saturated heterocycles. The Balaban J connectivity index is 2.00. The average molecular weight is 401 g/mol. The van der Waals surface area contributed by atoms with E-state index >= 15 is 0 Å². The van der Waals surface area contributed by atoms with Crippen LogP contribution in [0.25, 0.3) is 0 Å². The summed E-state index contributed by atoms with van der Waals surface area (Å²) >= 11 is 0. The second-order valence-electron chi connectivity index (χ2n) is 5.56. The van der Waals surface area contributed by atoms with Gasteiger partial charge in [0.05, 0.1) is 60.5 Å². The summed E-state index contributed by atoms with van der Waals surface area (Å²) in [7, 11) is 3.17. The molecular weight excluding hydrogens is 370 g/mol. The van der Waals surface area contributed by atoms with Gasteiger partial charge in [0.1, 0.15) is 6.61 Å². The van der Waals surface area contributed by atoms with Gasteiger partial charge in [-0.2, -0.15) is 0 Å². The molecule has 9 nitrogen and oxygen atoms in total. The summed E-state index contributed by atoms with van der Waals surface area (Å²) in [5.41, 5.74) is 1.02. The van der Waals surface area contributed by atoms with E-state index in [1.165, 1.54) is 0 Å². The largest absolute Gasteiger partial charge is 0.493 e. The van der Waals surface area contributed by atoms with Crippen LogP contribution in [0.3, 0.4) is 0 Å². The summed E-state index contributed by atoms with van der Waals surface area (Å²) < 4.78 is 31.1. The van der Waals surface area contributed by atoms with Crippen LogP contribution in [0, 0.1) is 0 Å². The summed E-state index contributed by atoms with van der Waals surface area (Å²) in [6.07, 6.45) is 0.159. The van der Waals surface area contributed by atoms with Crippen molar-refractivity contribution >= 4 is 6.09 Å². The molecule has 1 amide bonds. The molecule has 0 aliphatic carbocycles. The van der Waals surface area contributed by atoms with Crippen LogP contribution in [0.1, 0.15) is 5.56 Å². The minimum Gasteiger partial charge on any atom is -0.493 e. The fraction of sp³-hybridized carbons (Fsp3) is 0.632. The maximum Gasteiger partial charge on any atom is 0.407 e. The summed E-state index contributed by atoms with van der Waals surface area (Å²) in [5, 5.41) is 11.2. The van der Waals surface area contributed by atoms with Crippen LogP contribution in [0.5, 0.6) is 11.5 Å². The van der Waals surface area contributed by atoms with Crippen molar-refractivity contribution in [1.82, 2.24) is 5.32 Å². The molecule has 0 spiro atoms. The Kier molecular flexibility index (Phi) is 13.6. The Morgan fingerprint density at radius 3 is 2.11 bits per heavy atom. The maximum atomic E-state index is 11.6. The van der Waals surface area contributed by atoms with Crippen molar-refractivity contribution in [3.8, 4) is 11.5 Å². The van der Waals surface area contributed by atoms with Gasteiger partial charge in [0.25, 0.3) is 0 Å². The van der Waals surface area contributed by atoms with Crippen molar-refractivity contribution in [2.24, 2.45) is 0 Å². The molecule has 0 aliphatic heterocycles. The highest BCUT2D eigenvalue weighted by molar-refractivity contribution is 5.67. The van der Waals surface area contributed by atoms with E-state index in [0.717, 1.165) is 5.56 Å². The van der Waals surface area contributed by atoms with Gasteiger partial charge in [-0.15, -0.1) is 0 Å². The standard InChI is InChI=1S/C19H31NO8/c1-23-17-4-3-16(15-18(17)24-2)5-6-20-19(22)28-14-13-27-12-11-26-10-9-25-8-7-21/h3-4,15,21H,5-14H2,1-2H3,(H,20,22). The van der Waals surface area contributed by atoms with Gasteiger partial charge in [-0.25, -0.2) is 4.79 Å². The Bertz CT molecular complexity index is 541. The molecule has 0 aliphatic rings. The number of hydrogen-bond donors (Lipinski definition) is 2. The Morgan fingerprint density at radius 1 is 0.893 bits per heavy atom. The molecule has 0 bridgehead atoms. The van der Waals surface area contributed by atoms with Gasteiger partial charge in [0.2, 0.25) is 0 Å². The van der Waals surface area contributed by atoms with Crippen LogP contribution in [0.2, 0.25) is 0 Å². The van der Waals surface area contributed by atoms with E-state index in [9.17, 15) is 4.79 Å². The number of hydrogen-bond acceptors (Lipinski definition) is 8.